The van der Waals surface area contributed by atoms with Gasteiger partial charge in [-0.15, -0.1) is 0 Å². The number of carbonyl (C=O) groups is 1. The van der Waals surface area contributed by atoms with Crippen molar-refractivity contribution in [2.24, 2.45) is 28.6 Å². The molecule has 2 nitrogen and oxygen atoms in total. The maximum absolute atomic E-state index is 11.9. The molecule has 122 valence electrons. The summed E-state index contributed by atoms with van der Waals surface area (Å²) in [4.78, 5) is 11.9. The first-order chi connectivity index (χ1) is 11.0. The first-order valence-electron chi connectivity index (χ1n) is 9.29. The third-order valence-electron chi connectivity index (χ3n) is 8.02. The van der Waals surface area contributed by atoms with Crippen molar-refractivity contribution >= 4 is 5.78 Å². The van der Waals surface area contributed by atoms with Gasteiger partial charge in [-0.1, -0.05) is 31.1 Å². The lowest BCUT2D eigenvalue weighted by Crippen LogP contribution is -2.49. The zero-order valence-corrected chi connectivity index (χ0v) is 14.4. The molecule has 0 aromatic heterocycles. The van der Waals surface area contributed by atoms with Crippen molar-refractivity contribution in [1.82, 2.24) is 0 Å². The molecule has 23 heavy (non-hydrogen) atoms. The van der Waals surface area contributed by atoms with Crippen molar-refractivity contribution in [1.29, 1.82) is 5.26 Å². The second-order valence-electron chi connectivity index (χ2n) is 8.77. The van der Waals surface area contributed by atoms with Crippen LogP contribution in [0.2, 0.25) is 0 Å². The van der Waals surface area contributed by atoms with Gasteiger partial charge in [-0.3, -0.25) is 4.79 Å². The molecule has 0 amide bonds. The Hall–Kier alpha value is -1.36. The minimum absolute atomic E-state index is 0.253. The van der Waals surface area contributed by atoms with Gasteiger partial charge in [0, 0.05) is 18.9 Å². The van der Waals surface area contributed by atoms with Gasteiger partial charge < -0.3 is 0 Å². The van der Waals surface area contributed by atoms with E-state index in [1.54, 1.807) is 0 Å². The van der Waals surface area contributed by atoms with E-state index in [9.17, 15) is 4.79 Å². The number of nitriles is 1. The molecule has 0 saturated heterocycles. The van der Waals surface area contributed by atoms with Gasteiger partial charge >= 0.3 is 0 Å². The molecule has 0 heterocycles. The lowest BCUT2D eigenvalue weighted by Gasteiger charge is -2.56. The van der Waals surface area contributed by atoms with E-state index in [4.69, 9.17) is 5.26 Å². The molecule has 4 rings (SSSR count). The summed E-state index contributed by atoms with van der Waals surface area (Å²) in [7, 11) is 0. The number of hydrogen-bond acceptors (Lipinski definition) is 2. The van der Waals surface area contributed by atoms with Crippen LogP contribution in [0.4, 0.5) is 0 Å². The first-order valence-corrected chi connectivity index (χ1v) is 9.29. The van der Waals surface area contributed by atoms with Crippen LogP contribution in [0.15, 0.2) is 23.3 Å². The predicted molar refractivity (Wildman–Crippen MR) is 90.4 cm³/mol. The number of allylic oxidation sites excluding steroid dienone is 4. The molecule has 5 unspecified atom stereocenters. The fourth-order valence-electron chi connectivity index (χ4n) is 6.64. The molecule has 0 spiro atoms. The molecule has 0 radical (unpaired) electrons. The average molecular weight is 309 g/mol. The van der Waals surface area contributed by atoms with Crippen LogP contribution in [0.5, 0.6) is 0 Å². The molecule has 3 saturated carbocycles. The van der Waals surface area contributed by atoms with Crippen molar-refractivity contribution in [3.8, 4) is 6.07 Å². The summed E-state index contributed by atoms with van der Waals surface area (Å²) in [6, 6.07) is 2.29. The molecule has 0 aromatic carbocycles. The van der Waals surface area contributed by atoms with Gasteiger partial charge in [-0.05, 0) is 67.1 Å². The van der Waals surface area contributed by atoms with Crippen molar-refractivity contribution < 1.29 is 4.79 Å². The van der Waals surface area contributed by atoms with E-state index >= 15 is 0 Å². The Bertz CT molecular complexity index is 651. The van der Waals surface area contributed by atoms with Crippen molar-refractivity contribution in [3.05, 3.63) is 23.3 Å². The van der Waals surface area contributed by atoms with E-state index in [0.717, 1.165) is 43.4 Å². The topological polar surface area (TPSA) is 40.9 Å². The highest BCUT2D eigenvalue weighted by Crippen LogP contribution is 2.65. The van der Waals surface area contributed by atoms with E-state index in [2.05, 4.69) is 26.0 Å². The lowest BCUT2D eigenvalue weighted by molar-refractivity contribution is -0.122. The molecule has 3 fully saturated rings. The summed E-state index contributed by atoms with van der Waals surface area (Å²) in [5.74, 6) is 2.66. The highest BCUT2D eigenvalue weighted by Gasteiger charge is 2.57. The SMILES string of the molecule is CC12CCC3C(CC=C4CC(=O)CCC43C)C1CCC2=CC#N. The van der Waals surface area contributed by atoms with Crippen LogP contribution < -0.4 is 0 Å². The maximum Gasteiger partial charge on any atom is 0.136 e. The zero-order chi connectivity index (χ0) is 16.2. The first kappa shape index (κ1) is 15.2. The molecular weight excluding hydrogens is 282 g/mol. The Kier molecular flexibility index (Phi) is 3.34. The Labute approximate surface area is 139 Å². The Balaban J connectivity index is 1.69. The van der Waals surface area contributed by atoms with Gasteiger partial charge in [-0.2, -0.15) is 5.26 Å². The van der Waals surface area contributed by atoms with E-state index < -0.39 is 0 Å². The smallest absolute Gasteiger partial charge is 0.136 e. The molecule has 0 N–H and O–H groups in total. The quantitative estimate of drug-likeness (QED) is 0.468. The Morgan fingerprint density at radius 3 is 2.74 bits per heavy atom. The number of rotatable bonds is 0. The molecule has 4 aliphatic rings. The maximum atomic E-state index is 11.9. The number of ketones is 1. The van der Waals surface area contributed by atoms with Crippen molar-refractivity contribution in [3.63, 3.8) is 0 Å². The minimum atomic E-state index is 0.253. The van der Waals surface area contributed by atoms with E-state index in [1.165, 1.54) is 30.4 Å². The molecule has 0 aliphatic heterocycles. The average Bonchev–Trinajstić information content (AvgIpc) is 2.85. The van der Waals surface area contributed by atoms with Crippen LogP contribution in [0.3, 0.4) is 0 Å². The summed E-state index contributed by atoms with van der Waals surface area (Å²) >= 11 is 0. The zero-order valence-electron chi connectivity index (χ0n) is 14.4. The summed E-state index contributed by atoms with van der Waals surface area (Å²) < 4.78 is 0. The van der Waals surface area contributed by atoms with Crippen LogP contribution in [0, 0.1) is 39.9 Å². The van der Waals surface area contributed by atoms with Crippen molar-refractivity contribution in [2.75, 3.05) is 0 Å². The number of Topliss-reactive ketones (excluding diaryl/α,β-unsaturated/α-hetero) is 1. The highest BCUT2D eigenvalue weighted by atomic mass is 16.1. The van der Waals surface area contributed by atoms with Gasteiger partial charge in [0.2, 0.25) is 0 Å². The largest absolute Gasteiger partial charge is 0.299 e. The predicted octanol–water partition coefficient (Wildman–Crippen LogP) is 4.97. The lowest BCUT2D eigenvalue weighted by atomic mass is 9.48. The third kappa shape index (κ3) is 2.02. The van der Waals surface area contributed by atoms with Crippen LogP contribution in [0.1, 0.15) is 65.2 Å². The Morgan fingerprint density at radius 1 is 1.17 bits per heavy atom. The fourth-order valence-corrected chi connectivity index (χ4v) is 6.64. The van der Waals surface area contributed by atoms with Gasteiger partial charge in [-0.25, -0.2) is 0 Å². The molecule has 0 aromatic rings. The molecule has 2 heteroatoms. The van der Waals surface area contributed by atoms with Gasteiger partial charge in [0.05, 0.1) is 6.07 Å². The highest BCUT2D eigenvalue weighted by molar-refractivity contribution is 5.82. The summed E-state index contributed by atoms with van der Waals surface area (Å²) in [5, 5.41) is 9.12. The van der Waals surface area contributed by atoms with E-state index in [0.29, 0.717) is 12.2 Å². The summed E-state index contributed by atoms with van der Waals surface area (Å²) in [6.07, 6.45) is 12.8. The molecule has 4 aliphatic carbocycles. The number of nitrogens with zero attached hydrogens (tertiary/aromatic N) is 1. The number of fused-ring (bicyclic) bond motifs is 5. The molecule has 5 atom stereocenters. The second-order valence-corrected chi connectivity index (χ2v) is 8.77. The minimum Gasteiger partial charge on any atom is -0.299 e. The van der Waals surface area contributed by atoms with Crippen molar-refractivity contribution in [2.45, 2.75) is 65.2 Å². The fraction of sp³-hybridized carbons (Fsp3) is 0.714. The van der Waals surface area contributed by atoms with Crippen LogP contribution in [-0.4, -0.2) is 5.78 Å². The summed E-state index contributed by atoms with van der Waals surface area (Å²) in [6.45, 7) is 4.85. The van der Waals surface area contributed by atoms with Gasteiger partial charge in [0.15, 0.2) is 0 Å². The normalized spacial score (nSPS) is 47.3. The summed E-state index contributed by atoms with van der Waals surface area (Å²) in [5.41, 5.74) is 3.37. The molecule has 0 bridgehead atoms. The van der Waals surface area contributed by atoms with Crippen LogP contribution >= 0.6 is 0 Å². The van der Waals surface area contributed by atoms with Gasteiger partial charge in [0.1, 0.15) is 5.78 Å². The number of hydrogen-bond donors (Lipinski definition) is 0. The standard InChI is InChI=1S/C21H27NO/c1-20-11-8-19-17(18(20)6-4-14(20)9-12-22)5-3-15-13-16(23)7-10-21(15,19)2/h3,9,17-19H,4-8,10-11,13H2,1-2H3. The second kappa shape index (κ2) is 5.07. The monoisotopic (exact) mass is 309 g/mol. The number of carbonyl (C=O) groups excluding carboxylic acids is 1. The van der Waals surface area contributed by atoms with Crippen LogP contribution in [0.25, 0.3) is 0 Å². The van der Waals surface area contributed by atoms with E-state index in [1.807, 2.05) is 6.08 Å². The molecular formula is C21H27NO. The third-order valence-corrected chi connectivity index (χ3v) is 8.02. The Morgan fingerprint density at radius 2 is 1.96 bits per heavy atom. The van der Waals surface area contributed by atoms with Crippen LogP contribution in [-0.2, 0) is 4.79 Å². The van der Waals surface area contributed by atoms with E-state index in [-0.39, 0.29) is 10.8 Å². The van der Waals surface area contributed by atoms with Gasteiger partial charge in [0.25, 0.3) is 0 Å².